The first-order chi connectivity index (χ1) is 9.97. The molecule has 5 heteroatoms. The van der Waals surface area contributed by atoms with Crippen molar-refractivity contribution in [2.75, 3.05) is 0 Å². The Morgan fingerprint density at radius 3 is 2.71 bits per heavy atom. The number of carboxylic acids is 1. The van der Waals surface area contributed by atoms with Crippen LogP contribution in [0, 0.1) is 20.8 Å². The van der Waals surface area contributed by atoms with E-state index in [1.807, 2.05) is 16.7 Å². The van der Waals surface area contributed by atoms with Gasteiger partial charge in [-0.1, -0.05) is 12.1 Å². The number of aliphatic carboxylic acids is 1. The highest BCUT2D eigenvalue weighted by atomic mass is 32.1. The molecular formula is C16H16N2O2S. The van der Waals surface area contributed by atoms with Crippen molar-refractivity contribution in [1.82, 2.24) is 9.38 Å². The van der Waals surface area contributed by atoms with Crippen LogP contribution in [-0.2, 0) is 11.2 Å². The second-order valence-corrected chi connectivity index (χ2v) is 6.10. The maximum atomic E-state index is 11.0. The van der Waals surface area contributed by atoms with Crippen molar-refractivity contribution in [2.45, 2.75) is 27.2 Å². The van der Waals surface area contributed by atoms with E-state index in [-0.39, 0.29) is 6.42 Å². The Morgan fingerprint density at radius 2 is 2.05 bits per heavy atom. The minimum Gasteiger partial charge on any atom is -0.481 e. The molecule has 0 saturated carbocycles. The molecule has 0 saturated heterocycles. The van der Waals surface area contributed by atoms with Crippen LogP contribution in [0.15, 0.2) is 23.6 Å². The highest BCUT2D eigenvalue weighted by Gasteiger charge is 2.16. The maximum absolute atomic E-state index is 11.0. The Hall–Kier alpha value is -2.14. The van der Waals surface area contributed by atoms with Gasteiger partial charge in [-0.25, -0.2) is 4.98 Å². The molecular weight excluding hydrogens is 284 g/mol. The first kappa shape index (κ1) is 13.8. The quantitative estimate of drug-likeness (QED) is 0.804. The second-order valence-electron chi connectivity index (χ2n) is 5.26. The van der Waals surface area contributed by atoms with Crippen LogP contribution in [0.4, 0.5) is 0 Å². The second kappa shape index (κ2) is 5.00. The SMILES string of the molecule is Cc1ccc(-c2nc3scc(CC(=O)O)n3c2C)cc1C. The molecule has 2 heterocycles. The van der Waals surface area contributed by atoms with Crippen LogP contribution < -0.4 is 0 Å². The van der Waals surface area contributed by atoms with E-state index in [0.717, 1.165) is 27.6 Å². The molecule has 0 atom stereocenters. The lowest BCUT2D eigenvalue weighted by atomic mass is 10.0. The Balaban J connectivity index is 2.15. The van der Waals surface area contributed by atoms with E-state index in [1.165, 1.54) is 22.5 Å². The molecule has 0 radical (unpaired) electrons. The topological polar surface area (TPSA) is 54.6 Å². The average Bonchev–Trinajstić information content (AvgIpc) is 2.94. The number of carboxylic acid groups (broad SMARTS) is 1. The minimum atomic E-state index is -0.824. The van der Waals surface area contributed by atoms with Gasteiger partial charge in [0.25, 0.3) is 0 Å². The van der Waals surface area contributed by atoms with Crippen LogP contribution in [0.1, 0.15) is 22.5 Å². The standard InChI is InChI=1S/C16H16N2O2S/c1-9-4-5-12(6-10(9)2)15-11(3)18-13(7-14(19)20)8-21-16(18)17-15/h4-6,8H,7H2,1-3H3,(H,19,20). The van der Waals surface area contributed by atoms with Gasteiger partial charge in [-0.3, -0.25) is 9.20 Å². The smallest absolute Gasteiger partial charge is 0.309 e. The third-order valence-corrected chi connectivity index (χ3v) is 4.65. The number of aromatic nitrogens is 2. The maximum Gasteiger partial charge on any atom is 0.309 e. The summed E-state index contributed by atoms with van der Waals surface area (Å²) in [6.07, 6.45) is 0.0174. The number of carbonyl (C=O) groups is 1. The third kappa shape index (κ3) is 2.34. The highest BCUT2D eigenvalue weighted by Crippen LogP contribution is 2.29. The van der Waals surface area contributed by atoms with E-state index in [1.54, 1.807) is 0 Å². The van der Waals surface area contributed by atoms with Crippen molar-refractivity contribution in [3.8, 4) is 11.3 Å². The van der Waals surface area contributed by atoms with Crippen molar-refractivity contribution in [2.24, 2.45) is 0 Å². The van der Waals surface area contributed by atoms with Crippen molar-refractivity contribution < 1.29 is 9.90 Å². The largest absolute Gasteiger partial charge is 0.481 e. The number of hydrogen-bond acceptors (Lipinski definition) is 3. The predicted octanol–water partition coefficient (Wildman–Crippen LogP) is 3.62. The molecule has 21 heavy (non-hydrogen) atoms. The summed E-state index contributed by atoms with van der Waals surface area (Å²) in [7, 11) is 0. The number of benzene rings is 1. The summed E-state index contributed by atoms with van der Waals surface area (Å²) < 4.78 is 1.95. The molecule has 3 rings (SSSR count). The van der Waals surface area contributed by atoms with Gasteiger partial charge in [-0.05, 0) is 38.0 Å². The molecule has 0 aliphatic carbocycles. The molecule has 1 aromatic carbocycles. The predicted molar refractivity (Wildman–Crippen MR) is 84.1 cm³/mol. The number of imidazole rings is 1. The summed E-state index contributed by atoms with van der Waals surface area (Å²) in [6, 6.07) is 6.29. The lowest BCUT2D eigenvalue weighted by Crippen LogP contribution is -2.03. The monoisotopic (exact) mass is 300 g/mol. The first-order valence-corrected chi connectivity index (χ1v) is 7.60. The van der Waals surface area contributed by atoms with Crippen molar-refractivity contribution >= 4 is 22.3 Å². The highest BCUT2D eigenvalue weighted by molar-refractivity contribution is 7.15. The van der Waals surface area contributed by atoms with Crippen LogP contribution >= 0.6 is 11.3 Å². The van der Waals surface area contributed by atoms with E-state index < -0.39 is 5.97 Å². The summed E-state index contributed by atoms with van der Waals surface area (Å²) in [5.74, 6) is -0.824. The van der Waals surface area contributed by atoms with Crippen molar-refractivity contribution in [3.63, 3.8) is 0 Å². The van der Waals surface area contributed by atoms with Gasteiger partial charge >= 0.3 is 5.97 Å². The molecule has 0 amide bonds. The van der Waals surface area contributed by atoms with Crippen LogP contribution in [0.25, 0.3) is 16.2 Å². The van der Waals surface area contributed by atoms with Crippen LogP contribution in [0.5, 0.6) is 0 Å². The molecule has 2 aromatic heterocycles. The number of nitrogens with zero attached hydrogens (tertiary/aromatic N) is 2. The van der Waals surface area contributed by atoms with Gasteiger partial charge in [-0.15, -0.1) is 11.3 Å². The normalized spacial score (nSPS) is 11.2. The molecule has 0 bridgehead atoms. The van der Waals surface area contributed by atoms with Gasteiger partial charge in [0.1, 0.15) is 0 Å². The van der Waals surface area contributed by atoms with Gasteiger partial charge in [0, 0.05) is 22.3 Å². The van der Waals surface area contributed by atoms with E-state index >= 15 is 0 Å². The van der Waals surface area contributed by atoms with Gasteiger partial charge in [0.2, 0.25) is 0 Å². The van der Waals surface area contributed by atoms with Gasteiger partial charge in [-0.2, -0.15) is 0 Å². The molecule has 0 aliphatic rings. The van der Waals surface area contributed by atoms with E-state index in [2.05, 4.69) is 37.0 Å². The van der Waals surface area contributed by atoms with Gasteiger partial charge in [0.15, 0.2) is 4.96 Å². The lowest BCUT2D eigenvalue weighted by Gasteiger charge is -2.04. The number of rotatable bonds is 3. The Morgan fingerprint density at radius 1 is 1.29 bits per heavy atom. The van der Waals surface area contributed by atoms with Crippen LogP contribution in [0.3, 0.4) is 0 Å². The molecule has 4 nitrogen and oxygen atoms in total. The molecule has 1 N–H and O–H groups in total. The minimum absolute atomic E-state index is 0.0174. The van der Waals surface area contributed by atoms with E-state index in [9.17, 15) is 4.79 Å². The molecule has 0 fully saturated rings. The van der Waals surface area contributed by atoms with Crippen molar-refractivity contribution in [3.05, 3.63) is 46.1 Å². The summed E-state index contributed by atoms with van der Waals surface area (Å²) in [5.41, 5.74) is 6.26. The Bertz CT molecular complexity index is 845. The molecule has 0 aliphatic heterocycles. The third-order valence-electron chi connectivity index (χ3n) is 3.78. The fraction of sp³-hybridized carbons (Fsp3) is 0.250. The molecule has 0 unspecified atom stereocenters. The van der Waals surface area contributed by atoms with E-state index in [0.29, 0.717) is 0 Å². The summed E-state index contributed by atoms with van der Waals surface area (Å²) in [5, 5.41) is 10.9. The zero-order valence-corrected chi connectivity index (χ0v) is 13.0. The number of hydrogen-bond donors (Lipinski definition) is 1. The molecule has 3 aromatic rings. The zero-order valence-electron chi connectivity index (χ0n) is 12.2. The fourth-order valence-corrected chi connectivity index (χ4v) is 3.44. The lowest BCUT2D eigenvalue weighted by molar-refractivity contribution is -0.136. The number of thiazole rings is 1. The number of fused-ring (bicyclic) bond motifs is 1. The van der Waals surface area contributed by atoms with Crippen molar-refractivity contribution in [1.29, 1.82) is 0 Å². The average molecular weight is 300 g/mol. The molecule has 108 valence electrons. The van der Waals surface area contributed by atoms with Gasteiger partial charge in [0.05, 0.1) is 12.1 Å². The first-order valence-electron chi connectivity index (χ1n) is 6.72. The van der Waals surface area contributed by atoms with E-state index in [4.69, 9.17) is 5.11 Å². The summed E-state index contributed by atoms with van der Waals surface area (Å²) >= 11 is 1.48. The zero-order chi connectivity index (χ0) is 15.1. The number of aryl methyl sites for hydroxylation is 3. The summed E-state index contributed by atoms with van der Waals surface area (Å²) in [4.78, 5) is 16.5. The molecule has 0 spiro atoms. The van der Waals surface area contributed by atoms with Gasteiger partial charge < -0.3 is 5.11 Å². The van der Waals surface area contributed by atoms with Crippen LogP contribution in [-0.4, -0.2) is 20.5 Å². The Labute approximate surface area is 126 Å². The Kier molecular flexibility index (Phi) is 3.29. The van der Waals surface area contributed by atoms with Crippen LogP contribution in [0.2, 0.25) is 0 Å². The fourth-order valence-electron chi connectivity index (χ4n) is 2.50. The summed E-state index contributed by atoms with van der Waals surface area (Å²) in [6.45, 7) is 6.16.